The first kappa shape index (κ1) is 21.6. The Bertz CT molecular complexity index is 808. The van der Waals surface area contributed by atoms with Crippen LogP contribution in [0.25, 0.3) is 0 Å². The molecule has 1 fully saturated rings. The molecule has 0 radical (unpaired) electrons. The predicted molar refractivity (Wildman–Crippen MR) is 117 cm³/mol. The zero-order valence-electron chi connectivity index (χ0n) is 17.6. The van der Waals surface area contributed by atoms with Crippen molar-refractivity contribution in [3.63, 3.8) is 0 Å². The monoisotopic (exact) mass is 417 g/mol. The predicted octanol–water partition coefficient (Wildman–Crippen LogP) is 4.81. The van der Waals surface area contributed by atoms with Gasteiger partial charge >= 0.3 is 0 Å². The van der Waals surface area contributed by atoms with Crippen molar-refractivity contribution in [1.29, 1.82) is 0 Å². The Labute approximate surface area is 177 Å². The summed E-state index contributed by atoms with van der Waals surface area (Å²) in [7, 11) is 1.58. The van der Waals surface area contributed by atoms with Crippen molar-refractivity contribution >= 4 is 22.4 Å². The molecule has 0 saturated carbocycles. The van der Waals surface area contributed by atoms with Gasteiger partial charge in [-0.25, -0.2) is 4.98 Å². The van der Waals surface area contributed by atoms with Crippen molar-refractivity contribution in [3.05, 3.63) is 34.8 Å². The number of nitrogens with zero attached hydrogens (tertiary/aromatic N) is 2. The maximum absolute atomic E-state index is 12.6. The molecule has 158 valence electrons. The number of amides is 1. The summed E-state index contributed by atoms with van der Waals surface area (Å²) < 4.78 is 11.1. The van der Waals surface area contributed by atoms with Crippen molar-refractivity contribution in [1.82, 2.24) is 9.88 Å². The van der Waals surface area contributed by atoms with Crippen LogP contribution in [-0.4, -0.2) is 42.6 Å². The highest BCUT2D eigenvalue weighted by molar-refractivity contribution is 7.13. The van der Waals surface area contributed by atoms with Gasteiger partial charge in [-0.15, -0.1) is 11.3 Å². The van der Waals surface area contributed by atoms with Gasteiger partial charge in [0.05, 0.1) is 19.4 Å². The molecule has 1 unspecified atom stereocenters. The molecule has 29 heavy (non-hydrogen) atoms. The number of unbranched alkanes of at least 4 members (excludes halogenated alkanes) is 1. The summed E-state index contributed by atoms with van der Waals surface area (Å²) in [4.78, 5) is 19.7. The molecular formula is C22H31N3O3S. The number of carbonyl (C=O) groups is 1. The molecule has 6 nitrogen and oxygen atoms in total. The first-order chi connectivity index (χ1) is 14.1. The van der Waals surface area contributed by atoms with Gasteiger partial charge in [-0.3, -0.25) is 15.0 Å². The molecule has 1 atom stereocenters. The van der Waals surface area contributed by atoms with Gasteiger partial charge < -0.3 is 9.47 Å². The van der Waals surface area contributed by atoms with Crippen molar-refractivity contribution in [2.75, 3.05) is 32.1 Å². The van der Waals surface area contributed by atoms with Crippen molar-refractivity contribution < 1.29 is 14.3 Å². The number of ether oxygens (including phenoxy) is 2. The van der Waals surface area contributed by atoms with E-state index in [0.717, 1.165) is 44.1 Å². The molecule has 1 aromatic carbocycles. The summed E-state index contributed by atoms with van der Waals surface area (Å²) in [5, 5.41) is 5.55. The van der Waals surface area contributed by atoms with E-state index in [1.165, 1.54) is 24.2 Å². The topological polar surface area (TPSA) is 63.7 Å². The zero-order chi connectivity index (χ0) is 20.6. The van der Waals surface area contributed by atoms with Gasteiger partial charge in [-0.05, 0) is 49.9 Å². The molecule has 1 aliphatic rings. The van der Waals surface area contributed by atoms with E-state index in [4.69, 9.17) is 9.47 Å². The first-order valence-electron chi connectivity index (χ1n) is 10.4. The van der Waals surface area contributed by atoms with Crippen molar-refractivity contribution in [3.8, 4) is 11.5 Å². The number of aromatic nitrogens is 1. The molecule has 2 aromatic rings. The number of thiazole rings is 1. The first-order valence-corrected chi connectivity index (χ1v) is 11.3. The van der Waals surface area contributed by atoms with E-state index in [-0.39, 0.29) is 5.91 Å². The smallest absolute Gasteiger partial charge is 0.257 e. The third-order valence-electron chi connectivity index (χ3n) is 5.08. The standard InChI is InChI=1S/C22H31N3O3S/c1-4-5-11-28-19-9-8-17(12-20(19)27-3)21(26)24-22-23-18(15-29-22)14-25-10-6-7-16(2)13-25/h8-9,12,15-16H,4-7,10-11,13-14H2,1-3H3,(H,23,24,26). The Morgan fingerprint density at radius 3 is 3.00 bits per heavy atom. The van der Waals surface area contributed by atoms with E-state index < -0.39 is 0 Å². The van der Waals surface area contributed by atoms with Gasteiger partial charge in [0.2, 0.25) is 0 Å². The van der Waals surface area contributed by atoms with Crippen molar-refractivity contribution in [2.45, 2.75) is 46.1 Å². The molecule has 7 heteroatoms. The molecule has 1 amide bonds. The number of methoxy groups -OCH3 is 1. The average Bonchev–Trinajstić information content (AvgIpc) is 3.15. The summed E-state index contributed by atoms with van der Waals surface area (Å²) in [6.07, 6.45) is 4.60. The molecule has 1 saturated heterocycles. The maximum Gasteiger partial charge on any atom is 0.257 e. The number of nitrogens with one attached hydrogen (secondary N) is 1. The Morgan fingerprint density at radius 1 is 1.38 bits per heavy atom. The SMILES string of the molecule is CCCCOc1ccc(C(=O)Nc2nc(CN3CCCC(C)C3)cs2)cc1OC. The number of benzene rings is 1. The number of anilines is 1. The third kappa shape index (κ3) is 6.18. The van der Waals surface area contributed by atoms with Crippen LogP contribution in [0.15, 0.2) is 23.6 Å². The molecule has 0 aliphatic carbocycles. The van der Waals surface area contributed by atoms with E-state index in [9.17, 15) is 4.79 Å². The summed E-state index contributed by atoms with van der Waals surface area (Å²) in [6.45, 7) is 8.13. The van der Waals surface area contributed by atoms with Crippen LogP contribution in [0, 0.1) is 5.92 Å². The molecule has 0 spiro atoms. The zero-order valence-corrected chi connectivity index (χ0v) is 18.4. The van der Waals surface area contributed by atoms with Gasteiger partial charge in [0.25, 0.3) is 5.91 Å². The second kappa shape index (κ2) is 10.6. The van der Waals surface area contributed by atoms with Crippen LogP contribution >= 0.6 is 11.3 Å². The molecule has 1 aliphatic heterocycles. The summed E-state index contributed by atoms with van der Waals surface area (Å²) in [5.74, 6) is 1.76. The second-order valence-corrected chi connectivity index (χ2v) is 8.51. The fraction of sp³-hybridized carbons (Fsp3) is 0.545. The van der Waals surface area contributed by atoms with E-state index in [1.807, 2.05) is 5.38 Å². The van der Waals surface area contributed by atoms with Gasteiger partial charge in [0.1, 0.15) is 0 Å². The highest BCUT2D eigenvalue weighted by atomic mass is 32.1. The van der Waals surface area contributed by atoms with Crippen LogP contribution in [0.3, 0.4) is 0 Å². The molecule has 3 rings (SSSR count). The number of carbonyl (C=O) groups excluding carboxylic acids is 1. The number of hydrogen-bond acceptors (Lipinski definition) is 6. The maximum atomic E-state index is 12.6. The van der Waals surface area contributed by atoms with Gasteiger partial charge in [-0.1, -0.05) is 20.3 Å². The van der Waals surface area contributed by atoms with Gasteiger partial charge in [-0.2, -0.15) is 0 Å². The van der Waals surface area contributed by atoms with Crippen LogP contribution in [0.4, 0.5) is 5.13 Å². The lowest BCUT2D eigenvalue weighted by Gasteiger charge is -2.30. The number of hydrogen-bond donors (Lipinski definition) is 1. The Kier molecular flexibility index (Phi) is 7.89. The molecule has 1 N–H and O–H groups in total. The van der Waals surface area contributed by atoms with E-state index in [2.05, 4.69) is 29.0 Å². The minimum Gasteiger partial charge on any atom is -0.493 e. The Morgan fingerprint density at radius 2 is 2.24 bits per heavy atom. The highest BCUT2D eigenvalue weighted by Crippen LogP contribution is 2.29. The summed E-state index contributed by atoms with van der Waals surface area (Å²) >= 11 is 1.46. The molecule has 0 bridgehead atoms. The molecule has 1 aromatic heterocycles. The minimum atomic E-state index is -0.198. The van der Waals surface area contributed by atoms with Crippen LogP contribution in [0.1, 0.15) is 55.6 Å². The van der Waals surface area contributed by atoms with Gasteiger partial charge in [0.15, 0.2) is 16.6 Å². The average molecular weight is 418 g/mol. The van der Waals surface area contributed by atoms with E-state index in [1.54, 1.807) is 25.3 Å². The largest absolute Gasteiger partial charge is 0.493 e. The highest BCUT2D eigenvalue weighted by Gasteiger charge is 2.18. The molecular weight excluding hydrogens is 386 g/mol. The number of piperidine rings is 1. The third-order valence-corrected chi connectivity index (χ3v) is 5.89. The van der Waals surface area contributed by atoms with Gasteiger partial charge in [0, 0.05) is 24.0 Å². The lowest BCUT2D eigenvalue weighted by atomic mass is 10.0. The van der Waals surface area contributed by atoms with E-state index in [0.29, 0.717) is 28.8 Å². The Hall–Kier alpha value is -2.12. The quantitative estimate of drug-likeness (QED) is 0.593. The summed E-state index contributed by atoms with van der Waals surface area (Å²) in [5.41, 5.74) is 1.53. The van der Waals surface area contributed by atoms with E-state index >= 15 is 0 Å². The lowest BCUT2D eigenvalue weighted by molar-refractivity contribution is 0.102. The van der Waals surface area contributed by atoms with Crippen LogP contribution < -0.4 is 14.8 Å². The normalized spacial score (nSPS) is 17.1. The van der Waals surface area contributed by atoms with Crippen LogP contribution in [0.2, 0.25) is 0 Å². The fourth-order valence-electron chi connectivity index (χ4n) is 3.52. The molecule has 2 heterocycles. The lowest BCUT2D eigenvalue weighted by Crippen LogP contribution is -2.33. The second-order valence-electron chi connectivity index (χ2n) is 7.65. The van der Waals surface area contributed by atoms with Crippen molar-refractivity contribution in [2.24, 2.45) is 5.92 Å². The van der Waals surface area contributed by atoms with Crippen LogP contribution in [0.5, 0.6) is 11.5 Å². The Balaban J connectivity index is 1.59. The minimum absolute atomic E-state index is 0.198. The fourth-order valence-corrected chi connectivity index (χ4v) is 4.22. The number of likely N-dealkylation sites (tertiary alicyclic amines) is 1. The number of rotatable bonds is 9. The van der Waals surface area contributed by atoms with Crippen LogP contribution in [-0.2, 0) is 6.54 Å². The summed E-state index contributed by atoms with van der Waals surface area (Å²) in [6, 6.07) is 5.25.